The van der Waals surface area contributed by atoms with Gasteiger partial charge in [-0.25, -0.2) is 4.68 Å². The van der Waals surface area contributed by atoms with Gasteiger partial charge in [-0.3, -0.25) is 9.48 Å². The quantitative estimate of drug-likeness (QED) is 0.534. The lowest BCUT2D eigenvalue weighted by Gasteiger charge is -2.22. The van der Waals surface area contributed by atoms with E-state index in [1.54, 1.807) is 23.0 Å². The van der Waals surface area contributed by atoms with Crippen molar-refractivity contribution >= 4 is 16.9 Å². The number of hydrogen-bond acceptors (Lipinski definition) is 5. The Morgan fingerprint density at radius 1 is 1.18 bits per heavy atom. The van der Waals surface area contributed by atoms with Crippen LogP contribution in [0.3, 0.4) is 0 Å². The lowest BCUT2D eigenvalue weighted by atomic mass is 10.0. The summed E-state index contributed by atoms with van der Waals surface area (Å²) in [7, 11) is 0. The van der Waals surface area contributed by atoms with Crippen molar-refractivity contribution in [1.82, 2.24) is 30.1 Å². The first-order valence-electron chi connectivity index (χ1n) is 9.25. The fourth-order valence-electron chi connectivity index (χ4n) is 3.04. The SMILES string of the molecule is CC(C)[C@H](Cn1nnc2ccccc21)NC(=O)c1ccc(Cn2cccn2)o1. The van der Waals surface area contributed by atoms with Gasteiger partial charge in [-0.2, -0.15) is 5.10 Å². The Bertz CT molecular complexity index is 1060. The molecule has 8 nitrogen and oxygen atoms in total. The number of nitrogens with zero attached hydrogens (tertiary/aromatic N) is 5. The molecule has 0 fully saturated rings. The molecule has 0 aliphatic heterocycles. The maximum absolute atomic E-state index is 12.7. The van der Waals surface area contributed by atoms with Crippen molar-refractivity contribution in [3.8, 4) is 0 Å². The first-order chi connectivity index (χ1) is 13.6. The molecule has 3 aromatic heterocycles. The number of carbonyl (C=O) groups excluding carboxylic acids is 1. The van der Waals surface area contributed by atoms with Gasteiger partial charge in [0.25, 0.3) is 5.91 Å². The Kier molecular flexibility index (Phi) is 4.92. The molecule has 0 radical (unpaired) electrons. The van der Waals surface area contributed by atoms with E-state index in [1.807, 2.05) is 41.2 Å². The molecule has 0 bridgehead atoms. The molecule has 1 amide bonds. The fourth-order valence-corrected chi connectivity index (χ4v) is 3.04. The van der Waals surface area contributed by atoms with E-state index in [-0.39, 0.29) is 23.6 Å². The van der Waals surface area contributed by atoms with Crippen LogP contribution in [0.1, 0.15) is 30.2 Å². The first-order valence-corrected chi connectivity index (χ1v) is 9.25. The molecule has 28 heavy (non-hydrogen) atoms. The summed E-state index contributed by atoms with van der Waals surface area (Å²) in [6, 6.07) is 13.0. The highest BCUT2D eigenvalue weighted by molar-refractivity contribution is 5.91. The second-order valence-corrected chi connectivity index (χ2v) is 7.05. The number of nitrogens with one attached hydrogen (secondary N) is 1. The molecule has 1 aromatic carbocycles. The zero-order chi connectivity index (χ0) is 19.5. The summed E-state index contributed by atoms with van der Waals surface area (Å²) in [6.45, 7) is 5.15. The van der Waals surface area contributed by atoms with Gasteiger partial charge in [-0.05, 0) is 36.2 Å². The number of carbonyl (C=O) groups is 1. The monoisotopic (exact) mass is 378 g/mol. The standard InChI is InChI=1S/C20H22N6O2/c1-14(2)17(13-26-18-7-4-3-6-16(18)23-24-26)22-20(27)19-9-8-15(28-19)12-25-11-5-10-21-25/h3-11,14,17H,12-13H2,1-2H3,(H,22,27)/t17-/m0/s1. The minimum atomic E-state index is -0.241. The zero-order valence-electron chi connectivity index (χ0n) is 15.8. The van der Waals surface area contributed by atoms with E-state index in [0.717, 1.165) is 11.0 Å². The van der Waals surface area contributed by atoms with Crippen molar-refractivity contribution in [2.45, 2.75) is 33.0 Å². The van der Waals surface area contributed by atoms with E-state index in [4.69, 9.17) is 4.42 Å². The average molecular weight is 378 g/mol. The third kappa shape index (κ3) is 3.80. The van der Waals surface area contributed by atoms with Crippen LogP contribution in [0.25, 0.3) is 11.0 Å². The molecular weight excluding hydrogens is 356 g/mol. The molecule has 144 valence electrons. The van der Waals surface area contributed by atoms with Crippen molar-refractivity contribution in [3.63, 3.8) is 0 Å². The predicted octanol–water partition coefficient (Wildman–Crippen LogP) is 2.72. The molecule has 8 heteroatoms. The van der Waals surface area contributed by atoms with E-state index < -0.39 is 0 Å². The molecule has 0 saturated carbocycles. The van der Waals surface area contributed by atoms with Crippen molar-refractivity contribution in [2.75, 3.05) is 0 Å². The summed E-state index contributed by atoms with van der Waals surface area (Å²) < 4.78 is 9.27. The topological polar surface area (TPSA) is 90.8 Å². The molecule has 0 unspecified atom stereocenters. The van der Waals surface area contributed by atoms with Gasteiger partial charge >= 0.3 is 0 Å². The van der Waals surface area contributed by atoms with Crippen LogP contribution in [0.4, 0.5) is 0 Å². The maximum Gasteiger partial charge on any atom is 0.287 e. The van der Waals surface area contributed by atoms with Gasteiger partial charge < -0.3 is 9.73 Å². The third-order valence-corrected chi connectivity index (χ3v) is 4.67. The average Bonchev–Trinajstić information content (AvgIpc) is 3.43. The number of hydrogen-bond donors (Lipinski definition) is 1. The van der Waals surface area contributed by atoms with Crippen LogP contribution in [-0.4, -0.2) is 36.7 Å². The van der Waals surface area contributed by atoms with Crippen LogP contribution < -0.4 is 5.32 Å². The van der Waals surface area contributed by atoms with Crippen LogP contribution in [0.15, 0.2) is 59.3 Å². The highest BCUT2D eigenvalue weighted by atomic mass is 16.4. The van der Waals surface area contributed by atoms with Crippen LogP contribution in [0.2, 0.25) is 0 Å². The van der Waals surface area contributed by atoms with E-state index in [1.165, 1.54) is 0 Å². The van der Waals surface area contributed by atoms with Crippen LogP contribution in [0, 0.1) is 5.92 Å². The van der Waals surface area contributed by atoms with Gasteiger partial charge in [0.15, 0.2) is 5.76 Å². The van der Waals surface area contributed by atoms with Crippen molar-refractivity contribution in [1.29, 1.82) is 0 Å². The second-order valence-electron chi connectivity index (χ2n) is 7.05. The predicted molar refractivity (Wildman–Crippen MR) is 104 cm³/mol. The third-order valence-electron chi connectivity index (χ3n) is 4.67. The van der Waals surface area contributed by atoms with Gasteiger partial charge in [0.2, 0.25) is 0 Å². The van der Waals surface area contributed by atoms with Gasteiger partial charge in [0.05, 0.1) is 24.6 Å². The molecule has 1 atom stereocenters. The van der Waals surface area contributed by atoms with Crippen LogP contribution >= 0.6 is 0 Å². The fraction of sp³-hybridized carbons (Fsp3) is 0.300. The van der Waals surface area contributed by atoms with Crippen molar-refractivity contribution in [2.24, 2.45) is 5.92 Å². The number of aromatic nitrogens is 5. The molecule has 0 saturated heterocycles. The van der Waals surface area contributed by atoms with E-state index in [2.05, 4.69) is 34.6 Å². The minimum Gasteiger partial charge on any atom is -0.454 e. The number of fused-ring (bicyclic) bond motifs is 1. The Hall–Kier alpha value is -3.42. The van der Waals surface area contributed by atoms with Gasteiger partial charge in [-0.15, -0.1) is 5.10 Å². The molecule has 4 aromatic rings. The number of benzene rings is 1. The smallest absolute Gasteiger partial charge is 0.287 e. The summed E-state index contributed by atoms with van der Waals surface area (Å²) in [5, 5.41) is 15.6. The Morgan fingerprint density at radius 2 is 2.04 bits per heavy atom. The van der Waals surface area contributed by atoms with Crippen LogP contribution in [0.5, 0.6) is 0 Å². The molecule has 0 aliphatic rings. The summed E-state index contributed by atoms with van der Waals surface area (Å²) in [5.41, 5.74) is 1.78. The van der Waals surface area contributed by atoms with E-state index in [9.17, 15) is 4.79 Å². The molecule has 4 rings (SSSR count). The summed E-state index contributed by atoms with van der Waals surface area (Å²) >= 11 is 0. The van der Waals surface area contributed by atoms with Gasteiger partial charge in [0, 0.05) is 12.4 Å². The highest BCUT2D eigenvalue weighted by Crippen LogP contribution is 2.14. The molecule has 3 heterocycles. The molecular formula is C20H22N6O2. The van der Waals surface area contributed by atoms with Crippen molar-refractivity contribution < 1.29 is 9.21 Å². The highest BCUT2D eigenvalue weighted by Gasteiger charge is 2.21. The van der Waals surface area contributed by atoms with E-state index in [0.29, 0.717) is 18.8 Å². The first kappa shape index (κ1) is 18.0. The number of rotatable bonds is 7. The van der Waals surface area contributed by atoms with Crippen LogP contribution in [-0.2, 0) is 13.1 Å². The summed E-state index contributed by atoms with van der Waals surface area (Å²) in [4.78, 5) is 12.7. The lowest BCUT2D eigenvalue weighted by molar-refractivity contribution is 0.0889. The normalized spacial score (nSPS) is 12.5. The Balaban J connectivity index is 1.46. The Labute approximate surface area is 162 Å². The minimum absolute atomic E-state index is 0.114. The Morgan fingerprint density at radius 3 is 2.82 bits per heavy atom. The summed E-state index contributed by atoms with van der Waals surface area (Å²) in [5.74, 6) is 0.939. The van der Waals surface area contributed by atoms with E-state index >= 15 is 0 Å². The molecule has 0 aliphatic carbocycles. The summed E-state index contributed by atoms with van der Waals surface area (Å²) in [6.07, 6.45) is 3.55. The zero-order valence-corrected chi connectivity index (χ0v) is 15.8. The number of amides is 1. The van der Waals surface area contributed by atoms with Gasteiger partial charge in [0.1, 0.15) is 11.3 Å². The largest absolute Gasteiger partial charge is 0.454 e. The lowest BCUT2D eigenvalue weighted by Crippen LogP contribution is -2.41. The van der Waals surface area contributed by atoms with Gasteiger partial charge in [-0.1, -0.05) is 31.2 Å². The second kappa shape index (κ2) is 7.67. The molecule has 1 N–H and O–H groups in total. The van der Waals surface area contributed by atoms with Crippen molar-refractivity contribution in [3.05, 3.63) is 66.4 Å². The number of para-hydroxylation sites is 1. The number of furan rings is 1. The molecule has 0 spiro atoms. The maximum atomic E-state index is 12.7.